The number of amidine groups is 1. The molecule has 2 atom stereocenters. The Hall–Kier alpha value is -1.34. The minimum atomic E-state index is -2.95. The molecular weight excluding hydrogens is 320 g/mol. The Morgan fingerprint density at radius 2 is 2.00 bits per heavy atom. The number of aryl methyl sites for hydroxylation is 1. The highest BCUT2D eigenvalue weighted by atomic mass is 32.2. The summed E-state index contributed by atoms with van der Waals surface area (Å²) in [5, 5.41) is 0.642. The van der Waals surface area contributed by atoms with Crippen LogP contribution in [-0.2, 0) is 21.1 Å². The van der Waals surface area contributed by atoms with Crippen molar-refractivity contribution >= 4 is 32.7 Å². The number of hydrogen-bond acceptors (Lipinski definition) is 4. The van der Waals surface area contributed by atoms with Gasteiger partial charge in [0, 0.05) is 12.3 Å². The Kier molecular flexibility index (Phi) is 4.03. The quantitative estimate of drug-likeness (QED) is 0.812. The predicted octanol–water partition coefficient (Wildman–Crippen LogP) is 1.26. The van der Waals surface area contributed by atoms with Crippen LogP contribution in [0.2, 0.25) is 0 Å². The number of nitrogens with zero attached hydrogens (tertiary/aromatic N) is 2. The van der Waals surface area contributed by atoms with E-state index in [-0.39, 0.29) is 35.1 Å². The van der Waals surface area contributed by atoms with Crippen LogP contribution in [0, 0.1) is 6.92 Å². The molecule has 0 saturated carbocycles. The van der Waals surface area contributed by atoms with Crippen LogP contribution in [-0.4, -0.2) is 54.2 Å². The van der Waals surface area contributed by atoms with Gasteiger partial charge in [0.25, 0.3) is 5.91 Å². The summed E-state index contributed by atoms with van der Waals surface area (Å²) >= 11 is 1.41. The smallest absolute Gasteiger partial charge is 0.252 e. The molecule has 0 radical (unpaired) electrons. The molecule has 0 bridgehead atoms. The van der Waals surface area contributed by atoms with E-state index in [9.17, 15) is 13.2 Å². The van der Waals surface area contributed by atoms with Gasteiger partial charge in [0.15, 0.2) is 15.0 Å². The van der Waals surface area contributed by atoms with Gasteiger partial charge in [0.1, 0.15) is 0 Å². The first-order valence-electron chi connectivity index (χ1n) is 7.11. The van der Waals surface area contributed by atoms with Gasteiger partial charge in [-0.1, -0.05) is 41.6 Å². The largest absolute Gasteiger partial charge is 0.349 e. The zero-order chi connectivity index (χ0) is 15.9. The lowest BCUT2D eigenvalue weighted by molar-refractivity contribution is -0.117. The number of carbonyl (C=O) groups is 1. The summed E-state index contributed by atoms with van der Waals surface area (Å²) in [4.78, 5) is 18.1. The average molecular weight is 338 g/mol. The molecule has 1 amide bonds. The van der Waals surface area contributed by atoms with E-state index in [1.54, 1.807) is 0 Å². The molecule has 0 unspecified atom stereocenters. The second-order valence-corrected chi connectivity index (χ2v) is 9.22. The number of benzene rings is 1. The lowest BCUT2D eigenvalue weighted by Gasteiger charge is -2.17. The standard InChI is InChI=1S/C15H18N2O3S2/c1-10-3-5-11(6-4-10)7-14(18)16-15-17(2)12-8-22(19,20)9-13(12)21-15/h3-6,12-13H,7-9H2,1-2H3/t12-,13-/m0/s1. The minimum absolute atomic E-state index is 0.000856. The Morgan fingerprint density at radius 3 is 2.64 bits per heavy atom. The number of sulfone groups is 1. The third-order valence-electron chi connectivity index (χ3n) is 4.02. The second-order valence-electron chi connectivity index (χ2n) is 5.86. The van der Waals surface area contributed by atoms with Gasteiger partial charge >= 0.3 is 0 Å². The van der Waals surface area contributed by atoms with E-state index in [1.165, 1.54) is 11.8 Å². The molecule has 2 heterocycles. The molecule has 2 fully saturated rings. The fraction of sp³-hybridized carbons (Fsp3) is 0.467. The first-order valence-corrected chi connectivity index (χ1v) is 9.81. The van der Waals surface area contributed by atoms with E-state index in [2.05, 4.69) is 4.99 Å². The van der Waals surface area contributed by atoms with Crippen LogP contribution in [0.3, 0.4) is 0 Å². The van der Waals surface area contributed by atoms with E-state index in [1.807, 2.05) is 43.1 Å². The van der Waals surface area contributed by atoms with E-state index < -0.39 is 9.84 Å². The third kappa shape index (κ3) is 3.20. The SMILES string of the molecule is Cc1ccc(CC(=O)N=C2S[C@H]3CS(=O)(=O)C[C@@H]3N2C)cc1. The number of amides is 1. The molecule has 0 aromatic heterocycles. The van der Waals surface area contributed by atoms with Gasteiger partial charge in [-0.2, -0.15) is 4.99 Å². The van der Waals surface area contributed by atoms with Crippen molar-refractivity contribution in [2.24, 2.45) is 4.99 Å². The van der Waals surface area contributed by atoms with E-state index >= 15 is 0 Å². The zero-order valence-corrected chi connectivity index (χ0v) is 14.2. The van der Waals surface area contributed by atoms with Crippen molar-refractivity contribution in [3.63, 3.8) is 0 Å². The number of carbonyl (C=O) groups excluding carboxylic acids is 1. The number of thioether (sulfide) groups is 1. The molecule has 2 saturated heterocycles. The first-order chi connectivity index (χ1) is 10.3. The second kappa shape index (κ2) is 5.70. The number of rotatable bonds is 2. The third-order valence-corrected chi connectivity index (χ3v) is 7.33. The number of fused-ring (bicyclic) bond motifs is 1. The lowest BCUT2D eigenvalue weighted by atomic mass is 10.1. The molecule has 5 nitrogen and oxygen atoms in total. The average Bonchev–Trinajstić information content (AvgIpc) is 2.87. The molecular formula is C15H18N2O3S2. The van der Waals surface area contributed by atoms with Gasteiger partial charge in [-0.3, -0.25) is 4.79 Å². The number of hydrogen-bond donors (Lipinski definition) is 0. The fourth-order valence-electron chi connectivity index (χ4n) is 2.76. The normalized spacial score (nSPS) is 28.1. The molecule has 0 spiro atoms. The van der Waals surface area contributed by atoms with Crippen LogP contribution in [0.25, 0.3) is 0 Å². The Labute approximate surface area is 134 Å². The molecule has 118 valence electrons. The molecule has 1 aromatic carbocycles. The monoisotopic (exact) mass is 338 g/mol. The van der Waals surface area contributed by atoms with Crippen molar-refractivity contribution < 1.29 is 13.2 Å². The summed E-state index contributed by atoms with van der Waals surface area (Å²) < 4.78 is 23.3. The Bertz CT molecular complexity index is 726. The highest BCUT2D eigenvalue weighted by molar-refractivity contribution is 8.15. The van der Waals surface area contributed by atoms with Gasteiger partial charge in [0.2, 0.25) is 0 Å². The van der Waals surface area contributed by atoms with Gasteiger partial charge < -0.3 is 4.90 Å². The van der Waals surface area contributed by atoms with Gasteiger partial charge in [-0.25, -0.2) is 8.42 Å². The summed E-state index contributed by atoms with van der Waals surface area (Å²) in [5.41, 5.74) is 2.09. The molecule has 2 aliphatic heterocycles. The van der Waals surface area contributed by atoms with Crippen LogP contribution in [0.15, 0.2) is 29.3 Å². The van der Waals surface area contributed by atoms with Crippen LogP contribution in [0.5, 0.6) is 0 Å². The van der Waals surface area contributed by atoms with Crippen molar-refractivity contribution in [1.29, 1.82) is 0 Å². The zero-order valence-electron chi connectivity index (χ0n) is 12.5. The maximum Gasteiger partial charge on any atom is 0.252 e. The highest BCUT2D eigenvalue weighted by Crippen LogP contribution is 2.36. The molecule has 0 N–H and O–H groups in total. The van der Waals surface area contributed by atoms with Gasteiger partial charge in [0.05, 0.1) is 24.0 Å². The maximum atomic E-state index is 12.1. The highest BCUT2D eigenvalue weighted by Gasteiger charge is 2.47. The summed E-state index contributed by atoms with van der Waals surface area (Å²) in [5.74, 6) is 0.144. The van der Waals surface area contributed by atoms with Crippen molar-refractivity contribution in [1.82, 2.24) is 4.90 Å². The topological polar surface area (TPSA) is 66.8 Å². The summed E-state index contributed by atoms with van der Waals surface area (Å²) in [6.07, 6.45) is 0.270. The van der Waals surface area contributed by atoms with Crippen molar-refractivity contribution in [3.8, 4) is 0 Å². The number of aliphatic imine (C=N–C) groups is 1. The molecule has 0 aliphatic carbocycles. The molecule has 22 heavy (non-hydrogen) atoms. The van der Waals surface area contributed by atoms with Crippen molar-refractivity contribution in [3.05, 3.63) is 35.4 Å². The first kappa shape index (κ1) is 15.6. The van der Waals surface area contributed by atoms with Crippen LogP contribution in [0.4, 0.5) is 0 Å². The van der Waals surface area contributed by atoms with E-state index in [0.29, 0.717) is 5.17 Å². The van der Waals surface area contributed by atoms with Gasteiger partial charge in [-0.15, -0.1) is 0 Å². The lowest BCUT2D eigenvalue weighted by Crippen LogP contribution is -2.34. The van der Waals surface area contributed by atoms with E-state index in [4.69, 9.17) is 0 Å². The Morgan fingerprint density at radius 1 is 1.32 bits per heavy atom. The molecule has 1 aromatic rings. The Balaban J connectivity index is 1.68. The minimum Gasteiger partial charge on any atom is -0.349 e. The van der Waals surface area contributed by atoms with Crippen LogP contribution < -0.4 is 0 Å². The summed E-state index contributed by atoms with van der Waals surface area (Å²) in [6, 6.07) is 7.75. The fourth-order valence-corrected chi connectivity index (χ4v) is 6.78. The molecule has 2 aliphatic rings. The van der Waals surface area contributed by atoms with Gasteiger partial charge in [-0.05, 0) is 12.5 Å². The molecule has 3 rings (SSSR count). The summed E-state index contributed by atoms with van der Waals surface area (Å²) in [7, 11) is -1.13. The van der Waals surface area contributed by atoms with Crippen molar-refractivity contribution in [2.75, 3.05) is 18.6 Å². The van der Waals surface area contributed by atoms with E-state index in [0.717, 1.165) is 11.1 Å². The maximum absolute atomic E-state index is 12.1. The van der Waals surface area contributed by atoms with Crippen LogP contribution in [0.1, 0.15) is 11.1 Å². The summed E-state index contributed by atoms with van der Waals surface area (Å²) in [6.45, 7) is 2.00. The van der Waals surface area contributed by atoms with Crippen molar-refractivity contribution in [2.45, 2.75) is 24.6 Å². The van der Waals surface area contributed by atoms with Crippen LogP contribution >= 0.6 is 11.8 Å². The molecule has 7 heteroatoms. The predicted molar refractivity (Wildman–Crippen MR) is 88.9 cm³/mol.